The zero-order valence-electron chi connectivity index (χ0n) is 20.5. The predicted molar refractivity (Wildman–Crippen MR) is 134 cm³/mol. The zero-order valence-corrected chi connectivity index (χ0v) is 20.5. The topological polar surface area (TPSA) is 58.6 Å². The molecular weight excluding hydrogens is 410 g/mol. The van der Waals surface area contributed by atoms with Crippen LogP contribution in [0.2, 0.25) is 0 Å². The molecule has 0 fully saturated rings. The molecule has 4 nitrogen and oxygen atoms in total. The normalized spacial score (nSPS) is 19.6. The number of nitrogens with one attached hydrogen (secondary N) is 1. The van der Waals surface area contributed by atoms with Gasteiger partial charge >= 0.3 is 5.97 Å². The van der Waals surface area contributed by atoms with E-state index in [4.69, 9.17) is 4.74 Å². The van der Waals surface area contributed by atoms with Crippen LogP contribution in [0.3, 0.4) is 0 Å². The summed E-state index contributed by atoms with van der Waals surface area (Å²) in [5.74, 6) is 0.708. The fourth-order valence-corrected chi connectivity index (χ4v) is 4.50. The molecule has 0 bridgehead atoms. The van der Waals surface area contributed by atoms with Crippen molar-refractivity contribution in [3.05, 3.63) is 83.2 Å². The van der Waals surface area contributed by atoms with Gasteiger partial charge in [-0.2, -0.15) is 0 Å². The Labute approximate surface area is 199 Å². The lowest BCUT2D eigenvalue weighted by atomic mass is 9.81. The number of carbonyl (C=O) groups excluding carboxylic acids is 1. The summed E-state index contributed by atoms with van der Waals surface area (Å²) in [6.45, 7) is 8.76. The number of rotatable bonds is 11. The molecule has 2 N–H and O–H groups in total. The van der Waals surface area contributed by atoms with E-state index in [1.165, 1.54) is 0 Å². The monoisotopic (exact) mass is 449 g/mol. The van der Waals surface area contributed by atoms with Crippen molar-refractivity contribution < 1.29 is 14.6 Å². The van der Waals surface area contributed by atoms with Crippen LogP contribution in [0.15, 0.2) is 72.1 Å². The number of hydrogen-bond donors (Lipinski definition) is 2. The molecule has 1 heterocycles. The van der Waals surface area contributed by atoms with Crippen LogP contribution in [0.5, 0.6) is 0 Å². The third-order valence-electron chi connectivity index (χ3n) is 6.45. The van der Waals surface area contributed by atoms with Crippen LogP contribution in [-0.2, 0) is 15.1 Å². The van der Waals surface area contributed by atoms with Gasteiger partial charge in [-0.25, -0.2) is 4.79 Å². The number of esters is 1. The lowest BCUT2D eigenvalue weighted by Gasteiger charge is -2.39. The van der Waals surface area contributed by atoms with E-state index in [1.807, 2.05) is 48.5 Å². The van der Waals surface area contributed by atoms with E-state index in [0.717, 1.165) is 36.8 Å². The number of ether oxygens (including phenoxy) is 1. The molecule has 0 saturated heterocycles. The Morgan fingerprint density at radius 1 is 0.909 bits per heavy atom. The van der Waals surface area contributed by atoms with Gasteiger partial charge in [0.15, 0.2) is 5.70 Å². The maximum atomic E-state index is 13.3. The molecule has 33 heavy (non-hydrogen) atoms. The van der Waals surface area contributed by atoms with Crippen molar-refractivity contribution in [1.29, 1.82) is 0 Å². The molecule has 2 aromatic rings. The van der Waals surface area contributed by atoms with Gasteiger partial charge in [-0.3, -0.25) is 0 Å². The van der Waals surface area contributed by atoms with Gasteiger partial charge in [0.25, 0.3) is 0 Å². The van der Waals surface area contributed by atoms with Crippen LogP contribution in [0.1, 0.15) is 83.4 Å². The Bertz CT molecular complexity index is 920. The van der Waals surface area contributed by atoms with Crippen molar-refractivity contribution in [3.8, 4) is 0 Å². The van der Waals surface area contributed by atoms with Gasteiger partial charge in [0, 0.05) is 0 Å². The number of aliphatic hydroxyl groups is 1. The molecule has 1 aliphatic rings. The minimum atomic E-state index is -0.836. The third-order valence-corrected chi connectivity index (χ3v) is 6.45. The zero-order chi connectivity index (χ0) is 23.8. The summed E-state index contributed by atoms with van der Waals surface area (Å²) in [6.07, 6.45) is 4.89. The minimum absolute atomic E-state index is 0.0606. The molecule has 2 atom stereocenters. The van der Waals surface area contributed by atoms with Gasteiger partial charge in [0.1, 0.15) is 11.4 Å². The lowest BCUT2D eigenvalue weighted by molar-refractivity contribution is -0.162. The molecule has 0 aliphatic carbocycles. The number of hydrogen-bond acceptors (Lipinski definition) is 4. The highest BCUT2D eigenvalue weighted by Crippen LogP contribution is 2.42. The Hall–Kier alpha value is -2.75. The molecule has 3 rings (SSSR count). The highest BCUT2D eigenvalue weighted by atomic mass is 16.6. The molecule has 0 aromatic heterocycles. The van der Waals surface area contributed by atoms with Gasteiger partial charge in [0.2, 0.25) is 0 Å². The predicted octanol–water partition coefficient (Wildman–Crippen LogP) is 7.19. The van der Waals surface area contributed by atoms with E-state index >= 15 is 0 Å². The smallest absolute Gasteiger partial charge is 0.358 e. The lowest BCUT2D eigenvalue weighted by Crippen LogP contribution is -2.42. The summed E-state index contributed by atoms with van der Waals surface area (Å²) in [6, 6.07) is 19.9. The number of cyclic esters (lactones) is 1. The quantitative estimate of drug-likeness (QED) is 0.356. The third kappa shape index (κ3) is 6.63. The molecule has 4 heteroatoms. The second-order valence-electron chi connectivity index (χ2n) is 10.1. The van der Waals surface area contributed by atoms with Gasteiger partial charge in [-0.15, -0.1) is 0 Å². The number of aliphatic hydroxyl groups excluding tert-OH is 1. The second kappa shape index (κ2) is 11.4. The molecular formula is C29H39NO3. The summed E-state index contributed by atoms with van der Waals surface area (Å²) < 4.78 is 6.15. The summed E-state index contributed by atoms with van der Waals surface area (Å²) in [7, 11) is 0. The molecule has 0 radical (unpaired) electrons. The van der Waals surface area contributed by atoms with Crippen LogP contribution < -0.4 is 5.32 Å². The standard InChI is InChI=1S/C29H39NO3/c1-21(2)12-11-17-25(23-13-7-5-8-14-23)30-27-26(31)20-29(33-28(27)32,19-18-22(3)4)24-15-9-6-10-16-24/h5-10,13-16,21-22,25,30-31H,11-12,17-20H2,1-4H3. The molecule has 2 aromatic carbocycles. The Morgan fingerprint density at radius 2 is 1.52 bits per heavy atom. The van der Waals surface area contributed by atoms with Crippen LogP contribution in [-0.4, -0.2) is 11.1 Å². The Kier molecular flexibility index (Phi) is 8.60. The molecule has 1 aliphatic heterocycles. The van der Waals surface area contributed by atoms with E-state index in [9.17, 15) is 9.90 Å². The first-order valence-corrected chi connectivity index (χ1v) is 12.3. The molecule has 0 spiro atoms. The number of carbonyl (C=O) groups is 1. The average Bonchev–Trinajstić information content (AvgIpc) is 2.80. The van der Waals surface area contributed by atoms with E-state index < -0.39 is 11.6 Å². The van der Waals surface area contributed by atoms with E-state index in [-0.39, 0.29) is 23.9 Å². The van der Waals surface area contributed by atoms with Crippen molar-refractivity contribution in [2.75, 3.05) is 0 Å². The van der Waals surface area contributed by atoms with Crippen molar-refractivity contribution in [3.63, 3.8) is 0 Å². The fraction of sp³-hybridized carbons (Fsp3) is 0.483. The Balaban J connectivity index is 1.87. The van der Waals surface area contributed by atoms with Crippen LogP contribution in [0.4, 0.5) is 0 Å². The SMILES string of the molecule is CC(C)CCCC(NC1=C(O)CC(CCC(C)C)(c2ccccc2)OC1=O)c1ccccc1. The summed E-state index contributed by atoms with van der Waals surface area (Å²) in [5.41, 5.74) is 1.40. The first kappa shape index (κ1) is 24.9. The highest BCUT2D eigenvalue weighted by Gasteiger charge is 2.43. The second-order valence-corrected chi connectivity index (χ2v) is 10.1. The van der Waals surface area contributed by atoms with Crippen LogP contribution >= 0.6 is 0 Å². The van der Waals surface area contributed by atoms with Crippen molar-refractivity contribution >= 4 is 5.97 Å². The van der Waals surface area contributed by atoms with Gasteiger partial charge in [-0.05, 0) is 42.2 Å². The van der Waals surface area contributed by atoms with Crippen molar-refractivity contribution in [2.45, 2.75) is 77.9 Å². The molecule has 0 saturated carbocycles. The van der Waals surface area contributed by atoms with E-state index in [1.54, 1.807) is 0 Å². The van der Waals surface area contributed by atoms with E-state index in [0.29, 0.717) is 18.3 Å². The summed E-state index contributed by atoms with van der Waals surface area (Å²) >= 11 is 0. The maximum absolute atomic E-state index is 13.3. The van der Waals surface area contributed by atoms with Gasteiger partial charge in [0.05, 0.1) is 12.5 Å². The van der Waals surface area contributed by atoms with Crippen molar-refractivity contribution in [1.82, 2.24) is 5.32 Å². The van der Waals surface area contributed by atoms with E-state index in [2.05, 4.69) is 45.1 Å². The first-order valence-electron chi connectivity index (χ1n) is 12.3. The Morgan fingerprint density at radius 3 is 2.09 bits per heavy atom. The fourth-order valence-electron chi connectivity index (χ4n) is 4.50. The molecule has 178 valence electrons. The minimum Gasteiger partial charge on any atom is -0.510 e. The average molecular weight is 450 g/mol. The van der Waals surface area contributed by atoms with Gasteiger partial charge in [-0.1, -0.05) is 101 Å². The maximum Gasteiger partial charge on any atom is 0.358 e. The summed E-state index contributed by atoms with van der Waals surface area (Å²) in [4.78, 5) is 13.3. The highest BCUT2D eigenvalue weighted by molar-refractivity contribution is 5.89. The van der Waals surface area contributed by atoms with Gasteiger partial charge < -0.3 is 15.2 Å². The van der Waals surface area contributed by atoms with Crippen LogP contribution in [0, 0.1) is 11.8 Å². The largest absolute Gasteiger partial charge is 0.510 e. The van der Waals surface area contributed by atoms with Crippen molar-refractivity contribution in [2.24, 2.45) is 11.8 Å². The number of benzene rings is 2. The first-order chi connectivity index (χ1) is 15.8. The molecule has 0 amide bonds. The molecule has 2 unspecified atom stereocenters. The summed E-state index contributed by atoms with van der Waals surface area (Å²) in [5, 5.41) is 14.5. The van der Waals surface area contributed by atoms with Crippen LogP contribution in [0.25, 0.3) is 0 Å².